The van der Waals surface area contributed by atoms with Gasteiger partial charge in [-0.1, -0.05) is 18.2 Å². The quantitative estimate of drug-likeness (QED) is 0.769. The van der Waals surface area contributed by atoms with E-state index in [1.807, 2.05) is 30.3 Å². The number of hydrogen-bond acceptors (Lipinski definition) is 2. The summed E-state index contributed by atoms with van der Waals surface area (Å²) in [5, 5.41) is 7.12. The Morgan fingerprint density at radius 3 is 1.81 bits per heavy atom. The van der Waals surface area contributed by atoms with E-state index in [0.29, 0.717) is 0 Å². The zero-order valence-corrected chi connectivity index (χ0v) is 8.19. The van der Waals surface area contributed by atoms with Crippen molar-refractivity contribution in [2.75, 3.05) is 7.11 Å². The van der Waals surface area contributed by atoms with Gasteiger partial charge in [-0.2, -0.15) is 13.2 Å². The average molecular weight is 242 g/mol. The molecule has 0 atom stereocenters. The summed E-state index contributed by atoms with van der Waals surface area (Å²) >= 11 is 0. The monoisotopic (exact) mass is 242 g/mol. The summed E-state index contributed by atoms with van der Waals surface area (Å²) in [4.78, 5) is 8.90. The van der Waals surface area contributed by atoms with Crippen LogP contribution in [0.4, 0.5) is 17.9 Å². The highest BCUT2D eigenvalue weighted by Gasteiger charge is 2.38. The van der Waals surface area contributed by atoms with Crippen LogP contribution in [0.15, 0.2) is 30.3 Å². The van der Waals surface area contributed by atoms with Crippen molar-refractivity contribution in [1.82, 2.24) is 0 Å². The van der Waals surface area contributed by atoms with Crippen LogP contribution in [0, 0.1) is 0 Å². The Bertz CT molecular complexity index is 297. The standard InChI is InChI=1S/C7H8O.C2HF3O2.FH/c1-8-7-5-3-2-4-6-7;3-2(4,5)1(6)7;/h2-6H,1H3;(H,6,7);1H. The van der Waals surface area contributed by atoms with Gasteiger partial charge in [-0.25, -0.2) is 4.79 Å². The summed E-state index contributed by atoms with van der Waals surface area (Å²) in [5.41, 5.74) is 0. The number of carbonyl (C=O) groups is 1. The van der Waals surface area contributed by atoms with Gasteiger partial charge in [-0.15, -0.1) is 0 Å². The SMILES string of the molecule is COc1ccccc1.F.O=C(O)C(F)(F)F. The zero-order chi connectivity index (χ0) is 11.9. The van der Waals surface area contributed by atoms with E-state index in [1.165, 1.54) is 0 Å². The largest absolute Gasteiger partial charge is 0.497 e. The maximum atomic E-state index is 10.6. The summed E-state index contributed by atoms with van der Waals surface area (Å²) in [5.74, 6) is -1.85. The smallest absolute Gasteiger partial charge is 0.490 e. The maximum Gasteiger partial charge on any atom is 0.490 e. The lowest BCUT2D eigenvalue weighted by molar-refractivity contribution is -0.192. The molecule has 0 aliphatic rings. The van der Waals surface area contributed by atoms with Crippen molar-refractivity contribution in [1.29, 1.82) is 0 Å². The maximum absolute atomic E-state index is 10.6. The highest BCUT2D eigenvalue weighted by atomic mass is 19.4. The van der Waals surface area contributed by atoms with Crippen LogP contribution >= 0.6 is 0 Å². The first-order chi connectivity index (χ1) is 6.88. The molecular formula is C9H10F4O3. The first-order valence-corrected chi connectivity index (χ1v) is 3.77. The van der Waals surface area contributed by atoms with Gasteiger partial charge in [0.2, 0.25) is 0 Å². The van der Waals surface area contributed by atoms with Crippen LogP contribution in [-0.2, 0) is 4.79 Å². The van der Waals surface area contributed by atoms with Crippen molar-refractivity contribution in [3.63, 3.8) is 0 Å². The predicted molar refractivity (Wildman–Crippen MR) is 49.2 cm³/mol. The number of rotatable bonds is 1. The van der Waals surface area contributed by atoms with Crippen molar-refractivity contribution >= 4 is 5.97 Å². The third-order valence-corrected chi connectivity index (χ3v) is 1.22. The minimum absolute atomic E-state index is 0. The molecule has 92 valence electrons. The lowest BCUT2D eigenvalue weighted by Crippen LogP contribution is -2.21. The molecule has 0 spiro atoms. The van der Waals surface area contributed by atoms with Gasteiger partial charge in [0.15, 0.2) is 0 Å². The third-order valence-electron chi connectivity index (χ3n) is 1.22. The molecule has 0 heterocycles. The molecule has 0 aromatic heterocycles. The van der Waals surface area contributed by atoms with Crippen molar-refractivity contribution in [2.45, 2.75) is 6.18 Å². The van der Waals surface area contributed by atoms with Gasteiger partial charge >= 0.3 is 12.1 Å². The van der Waals surface area contributed by atoms with Crippen LogP contribution < -0.4 is 4.74 Å². The Hall–Kier alpha value is -1.79. The Morgan fingerprint density at radius 2 is 1.62 bits per heavy atom. The minimum atomic E-state index is -5.08. The summed E-state index contributed by atoms with van der Waals surface area (Å²) in [6.45, 7) is 0. The summed E-state index contributed by atoms with van der Waals surface area (Å²) < 4.78 is 36.7. The molecule has 16 heavy (non-hydrogen) atoms. The van der Waals surface area contributed by atoms with Gasteiger partial charge in [0.25, 0.3) is 0 Å². The molecule has 1 rings (SSSR count). The Morgan fingerprint density at radius 1 is 1.25 bits per heavy atom. The molecule has 0 unspecified atom stereocenters. The van der Waals surface area contributed by atoms with Crippen LogP contribution in [0.1, 0.15) is 0 Å². The number of methoxy groups -OCH3 is 1. The second-order valence-corrected chi connectivity index (χ2v) is 2.32. The van der Waals surface area contributed by atoms with E-state index >= 15 is 0 Å². The molecule has 0 amide bonds. The number of halogens is 4. The van der Waals surface area contributed by atoms with Gasteiger partial charge in [-0.05, 0) is 12.1 Å². The van der Waals surface area contributed by atoms with Gasteiger partial charge in [0, 0.05) is 0 Å². The number of alkyl halides is 3. The first-order valence-electron chi connectivity index (χ1n) is 3.77. The Balaban J connectivity index is 0. The normalized spacial score (nSPS) is 9.25. The van der Waals surface area contributed by atoms with Gasteiger partial charge in [-0.3, -0.25) is 4.70 Å². The second kappa shape index (κ2) is 7.49. The fourth-order valence-electron chi connectivity index (χ4n) is 0.557. The van der Waals surface area contributed by atoms with E-state index in [2.05, 4.69) is 0 Å². The molecule has 0 fully saturated rings. The zero-order valence-electron chi connectivity index (χ0n) is 8.19. The van der Waals surface area contributed by atoms with Crippen molar-refractivity contribution < 1.29 is 32.5 Å². The number of ether oxygens (including phenoxy) is 1. The summed E-state index contributed by atoms with van der Waals surface area (Å²) in [7, 11) is 1.66. The molecule has 1 aromatic carbocycles. The molecule has 7 heteroatoms. The van der Waals surface area contributed by atoms with E-state index in [9.17, 15) is 13.2 Å². The average Bonchev–Trinajstić information content (AvgIpc) is 2.18. The minimum Gasteiger partial charge on any atom is -0.497 e. The van der Waals surface area contributed by atoms with Crippen LogP contribution in [0.2, 0.25) is 0 Å². The molecule has 0 aliphatic heterocycles. The highest BCUT2D eigenvalue weighted by Crippen LogP contribution is 2.13. The van der Waals surface area contributed by atoms with Crippen molar-refractivity contribution in [3.8, 4) is 5.75 Å². The number of carboxylic acid groups (broad SMARTS) is 1. The Labute approximate surface area is 88.8 Å². The number of benzene rings is 1. The molecule has 1 N–H and O–H groups in total. The molecule has 0 bridgehead atoms. The van der Waals surface area contributed by atoms with Crippen LogP contribution in [0.5, 0.6) is 5.75 Å². The van der Waals surface area contributed by atoms with Gasteiger partial charge < -0.3 is 9.84 Å². The fraction of sp³-hybridized carbons (Fsp3) is 0.222. The number of para-hydroxylation sites is 1. The fourth-order valence-corrected chi connectivity index (χ4v) is 0.557. The van der Waals surface area contributed by atoms with E-state index in [4.69, 9.17) is 14.6 Å². The number of aliphatic carboxylic acids is 1. The van der Waals surface area contributed by atoms with Crippen LogP contribution in [0.25, 0.3) is 0 Å². The first kappa shape index (κ1) is 16.6. The Kier molecular flexibility index (Phi) is 7.79. The third kappa shape index (κ3) is 7.60. The highest BCUT2D eigenvalue weighted by molar-refractivity contribution is 5.73. The lowest BCUT2D eigenvalue weighted by Gasteiger charge is -1.93. The van der Waals surface area contributed by atoms with E-state index in [-0.39, 0.29) is 4.70 Å². The summed E-state index contributed by atoms with van der Waals surface area (Å²) in [6.07, 6.45) is -5.08. The number of hydrogen-bond donors (Lipinski definition) is 1. The van der Waals surface area contributed by atoms with E-state index in [0.717, 1.165) is 5.75 Å². The van der Waals surface area contributed by atoms with Crippen LogP contribution in [0.3, 0.4) is 0 Å². The van der Waals surface area contributed by atoms with E-state index in [1.54, 1.807) is 7.11 Å². The molecule has 3 nitrogen and oxygen atoms in total. The predicted octanol–water partition coefficient (Wildman–Crippen LogP) is 2.48. The summed E-state index contributed by atoms with van der Waals surface area (Å²) in [6, 6.07) is 9.68. The molecule has 0 saturated heterocycles. The van der Waals surface area contributed by atoms with E-state index < -0.39 is 12.1 Å². The van der Waals surface area contributed by atoms with Crippen molar-refractivity contribution in [3.05, 3.63) is 30.3 Å². The second-order valence-electron chi connectivity index (χ2n) is 2.32. The van der Waals surface area contributed by atoms with Crippen molar-refractivity contribution in [2.24, 2.45) is 0 Å². The molecule has 0 saturated carbocycles. The lowest BCUT2D eigenvalue weighted by atomic mass is 10.3. The number of carboxylic acids is 1. The topological polar surface area (TPSA) is 46.5 Å². The van der Waals surface area contributed by atoms with Gasteiger partial charge in [0.1, 0.15) is 5.75 Å². The molecule has 1 aromatic rings. The van der Waals surface area contributed by atoms with Gasteiger partial charge in [0.05, 0.1) is 7.11 Å². The van der Waals surface area contributed by atoms with Crippen LogP contribution in [-0.4, -0.2) is 24.4 Å². The molecule has 0 aliphatic carbocycles. The molecule has 0 radical (unpaired) electrons. The molecular weight excluding hydrogens is 232 g/mol.